The van der Waals surface area contributed by atoms with Crippen LogP contribution in [0.25, 0.3) is 41.3 Å². The molecule has 0 aliphatic carbocycles. The zero-order valence-electron chi connectivity index (χ0n) is 34.7. The lowest BCUT2D eigenvalue weighted by molar-refractivity contribution is -0.135. The molecule has 14 nitrogen and oxygen atoms in total. The van der Waals surface area contributed by atoms with Crippen molar-refractivity contribution < 1.29 is 28.7 Å². The summed E-state index contributed by atoms with van der Waals surface area (Å²) in [4.78, 5) is 75.1. The second-order valence-electron chi connectivity index (χ2n) is 15.7. The molecule has 0 spiro atoms. The van der Waals surface area contributed by atoms with Gasteiger partial charge < -0.3 is 39.9 Å². The van der Waals surface area contributed by atoms with Crippen molar-refractivity contribution in [2.75, 3.05) is 27.3 Å². The highest BCUT2D eigenvalue weighted by atomic mass is 32.1. The number of aromatic nitrogens is 4. The number of methoxy groups -OCH3 is 2. The topological polar surface area (TPSA) is 175 Å². The van der Waals surface area contributed by atoms with Crippen LogP contribution in [0.15, 0.2) is 85.2 Å². The molecule has 16 heteroatoms. The van der Waals surface area contributed by atoms with Crippen LogP contribution in [0.1, 0.15) is 83.8 Å². The van der Waals surface area contributed by atoms with Crippen molar-refractivity contribution >= 4 is 66.8 Å². The Labute approximate surface area is 365 Å². The van der Waals surface area contributed by atoms with Gasteiger partial charge in [0.2, 0.25) is 0 Å². The molecule has 7 aromatic rings. The molecule has 4 aromatic heterocycles. The van der Waals surface area contributed by atoms with E-state index in [1.165, 1.54) is 45.5 Å². The average molecular weight is 871 g/mol. The zero-order valence-corrected chi connectivity index (χ0v) is 36.3. The fraction of sp³-hybridized carbons (Fsp3) is 0.304. The number of hydrogen-bond donors (Lipinski definition) is 4. The summed E-state index contributed by atoms with van der Waals surface area (Å²) < 4.78 is 12.1. The first-order valence-electron chi connectivity index (χ1n) is 20.6. The highest BCUT2D eigenvalue weighted by Crippen LogP contribution is 2.46. The Hall–Kier alpha value is -6.52. The number of alkyl carbamates (subject to hydrolysis) is 2. The predicted molar refractivity (Wildman–Crippen MR) is 239 cm³/mol. The SMILES string of the molecule is COC(=O)NC(C(=O)N1CCCC1c1ncc(-c2cc3c(C)c4sc(-c5cnc(C6CCCN6C(=O)C(NC(=O)OC)c6ccccc6)[nH]5)cc4c(C)c3s2)[nH]1)c1ccccc1. The molecule has 318 valence electrons. The Balaban J connectivity index is 0.953. The molecular formula is C46H46N8O6S2. The van der Waals surface area contributed by atoms with Crippen LogP contribution >= 0.6 is 22.7 Å². The van der Waals surface area contributed by atoms with E-state index in [2.05, 4.69) is 46.6 Å². The summed E-state index contributed by atoms with van der Waals surface area (Å²) >= 11 is 3.43. The number of H-pyrrole nitrogens is 2. The lowest BCUT2D eigenvalue weighted by Gasteiger charge is -2.28. The van der Waals surface area contributed by atoms with Crippen molar-refractivity contribution in [1.82, 2.24) is 40.4 Å². The van der Waals surface area contributed by atoms with E-state index >= 15 is 0 Å². The normalized spacial score (nSPS) is 17.4. The molecule has 4 atom stereocenters. The molecule has 2 fully saturated rings. The fourth-order valence-electron chi connectivity index (χ4n) is 8.85. The third-order valence-electron chi connectivity index (χ3n) is 12.0. The van der Waals surface area contributed by atoms with Gasteiger partial charge in [0.05, 0.1) is 59.8 Å². The number of nitrogens with zero attached hydrogens (tertiary/aromatic N) is 4. The maximum Gasteiger partial charge on any atom is 0.407 e. The number of imidazole rings is 2. The fourth-order valence-corrected chi connectivity index (χ4v) is 11.2. The smallest absolute Gasteiger partial charge is 0.407 e. The maximum absolute atomic E-state index is 14.0. The van der Waals surface area contributed by atoms with Gasteiger partial charge in [-0.1, -0.05) is 60.7 Å². The van der Waals surface area contributed by atoms with Gasteiger partial charge in [0.15, 0.2) is 0 Å². The van der Waals surface area contributed by atoms with Gasteiger partial charge in [-0.25, -0.2) is 19.6 Å². The van der Waals surface area contributed by atoms with Crippen LogP contribution in [-0.2, 0) is 19.1 Å². The highest BCUT2D eigenvalue weighted by molar-refractivity contribution is 7.24. The molecule has 0 radical (unpaired) electrons. The largest absolute Gasteiger partial charge is 0.453 e. The van der Waals surface area contributed by atoms with Crippen LogP contribution in [-0.4, -0.2) is 81.0 Å². The minimum Gasteiger partial charge on any atom is -0.453 e. The van der Waals surface area contributed by atoms with Crippen molar-refractivity contribution in [3.8, 4) is 21.1 Å². The summed E-state index contributed by atoms with van der Waals surface area (Å²) in [6.45, 7) is 5.43. The molecule has 0 bridgehead atoms. The van der Waals surface area contributed by atoms with Crippen molar-refractivity contribution in [2.45, 2.75) is 63.7 Å². The summed E-state index contributed by atoms with van der Waals surface area (Å²) in [5, 5.41) is 7.82. The van der Waals surface area contributed by atoms with Gasteiger partial charge >= 0.3 is 12.2 Å². The van der Waals surface area contributed by atoms with E-state index in [-0.39, 0.29) is 23.9 Å². The molecule has 9 rings (SSSR count). The maximum atomic E-state index is 14.0. The van der Waals surface area contributed by atoms with Crippen molar-refractivity contribution in [3.05, 3.63) is 119 Å². The number of hydrogen-bond acceptors (Lipinski definition) is 10. The molecule has 4 N–H and O–H groups in total. The number of carbonyl (C=O) groups excluding carboxylic acids is 4. The number of nitrogens with one attached hydrogen (secondary N) is 4. The molecule has 2 aliphatic rings. The molecule has 3 aromatic carbocycles. The van der Waals surface area contributed by atoms with E-state index in [0.717, 1.165) is 46.8 Å². The van der Waals surface area contributed by atoms with Crippen LogP contribution < -0.4 is 10.6 Å². The number of carbonyl (C=O) groups is 4. The predicted octanol–water partition coefficient (Wildman–Crippen LogP) is 9.03. The summed E-state index contributed by atoms with van der Waals surface area (Å²) in [5.74, 6) is 1.01. The number of aromatic amines is 2. The van der Waals surface area contributed by atoms with Gasteiger partial charge in [0, 0.05) is 22.5 Å². The average Bonchev–Trinajstić information content (AvgIpc) is 4.15. The molecule has 2 saturated heterocycles. The van der Waals surface area contributed by atoms with Gasteiger partial charge in [0.1, 0.15) is 23.7 Å². The van der Waals surface area contributed by atoms with Crippen LogP contribution in [0.5, 0.6) is 0 Å². The number of benzene rings is 3. The van der Waals surface area contributed by atoms with E-state index in [4.69, 9.17) is 19.4 Å². The lowest BCUT2D eigenvalue weighted by Crippen LogP contribution is -2.42. The van der Waals surface area contributed by atoms with Crippen LogP contribution in [0, 0.1) is 13.8 Å². The van der Waals surface area contributed by atoms with Gasteiger partial charge in [-0.05, 0) is 84.7 Å². The van der Waals surface area contributed by atoms with Gasteiger partial charge in [-0.2, -0.15) is 0 Å². The van der Waals surface area contributed by atoms with E-state index in [0.29, 0.717) is 35.9 Å². The Morgan fingerprint density at radius 1 is 0.661 bits per heavy atom. The van der Waals surface area contributed by atoms with Gasteiger partial charge in [0.25, 0.3) is 11.8 Å². The highest BCUT2D eigenvalue weighted by Gasteiger charge is 2.39. The van der Waals surface area contributed by atoms with Crippen molar-refractivity contribution in [1.29, 1.82) is 0 Å². The summed E-state index contributed by atoms with van der Waals surface area (Å²) in [6, 6.07) is 20.5. The van der Waals surface area contributed by atoms with E-state index < -0.39 is 24.3 Å². The van der Waals surface area contributed by atoms with Crippen LogP contribution in [0.4, 0.5) is 9.59 Å². The monoisotopic (exact) mass is 870 g/mol. The van der Waals surface area contributed by atoms with Crippen molar-refractivity contribution in [2.24, 2.45) is 0 Å². The number of fused-ring (bicyclic) bond motifs is 2. The molecular weight excluding hydrogens is 825 g/mol. The number of thiophene rings is 2. The number of ether oxygens (including phenoxy) is 2. The number of rotatable bonds is 10. The lowest BCUT2D eigenvalue weighted by atomic mass is 10.0. The Kier molecular flexibility index (Phi) is 11.3. The molecule has 2 aliphatic heterocycles. The molecule has 4 unspecified atom stereocenters. The summed E-state index contributed by atoms with van der Waals surface area (Å²) in [5.41, 5.74) is 5.51. The number of likely N-dealkylation sites (tertiary alicyclic amines) is 2. The zero-order chi connectivity index (χ0) is 43.1. The minimum absolute atomic E-state index is 0.210. The van der Waals surface area contributed by atoms with Gasteiger partial charge in [-0.15, -0.1) is 22.7 Å². The number of aryl methyl sites for hydroxylation is 2. The first kappa shape index (κ1) is 40.9. The Morgan fingerprint density at radius 2 is 1.06 bits per heavy atom. The molecule has 0 saturated carbocycles. The summed E-state index contributed by atoms with van der Waals surface area (Å²) in [7, 11) is 2.57. The molecule has 4 amide bonds. The Bertz CT molecular complexity index is 2550. The van der Waals surface area contributed by atoms with E-state index in [1.807, 2.05) is 73.1 Å². The second-order valence-corrected chi connectivity index (χ2v) is 17.8. The molecule has 62 heavy (non-hydrogen) atoms. The second kappa shape index (κ2) is 17.1. The van der Waals surface area contributed by atoms with Crippen molar-refractivity contribution in [3.63, 3.8) is 0 Å². The van der Waals surface area contributed by atoms with Crippen LogP contribution in [0.3, 0.4) is 0 Å². The first-order chi connectivity index (χ1) is 30.1. The summed E-state index contributed by atoms with van der Waals surface area (Å²) in [6.07, 6.45) is 5.49. The first-order valence-corrected chi connectivity index (χ1v) is 22.2. The Morgan fingerprint density at radius 3 is 1.45 bits per heavy atom. The standard InChI is InChI=1S/C46H46N8O6S2/c1-25-29-21-35(31-23-47-41(49-31)33-17-11-19-53(33)43(55)37(51-45(57)59-3)27-13-7-5-8-14-27)62-40(29)26(2)30-22-36(61-39(25)30)32-24-48-42(50-32)34-18-12-20-54(34)44(56)38(52-46(58)60-4)28-15-9-6-10-16-28/h5-10,13-16,21-24,33-34,37-38H,11-12,17-20H2,1-4H3,(H,47,49)(H,48,50)(H,51,57)(H,52,58). The minimum atomic E-state index is -0.887. The van der Waals surface area contributed by atoms with Crippen LogP contribution in [0.2, 0.25) is 0 Å². The molecule has 6 heterocycles. The van der Waals surface area contributed by atoms with E-state index in [9.17, 15) is 19.2 Å². The quantitative estimate of drug-likeness (QED) is 0.105. The van der Waals surface area contributed by atoms with Gasteiger partial charge in [-0.3, -0.25) is 9.59 Å². The third-order valence-corrected chi connectivity index (χ3v) is 14.6. The third kappa shape index (κ3) is 7.57. The van der Waals surface area contributed by atoms with E-state index in [1.54, 1.807) is 32.5 Å². The number of amides is 4.